The molecule has 0 unspecified atom stereocenters. The normalized spacial score (nSPS) is 10.9. The Balaban J connectivity index is 2.12. The monoisotopic (exact) mass is 223 g/mol. The second-order valence-corrected chi connectivity index (χ2v) is 6.74. The van der Waals surface area contributed by atoms with Crippen molar-refractivity contribution < 1.29 is 0 Å². The fourth-order valence-electron chi connectivity index (χ4n) is 1.61. The summed E-state index contributed by atoms with van der Waals surface area (Å²) >= 11 is 0. The van der Waals surface area contributed by atoms with E-state index in [1.807, 2.05) is 0 Å². The molecule has 0 heterocycles. The van der Waals surface area contributed by atoms with Gasteiger partial charge in [0.25, 0.3) is 0 Å². The van der Waals surface area contributed by atoms with Crippen LogP contribution in [0.2, 0.25) is 0 Å². The van der Waals surface area contributed by atoms with Gasteiger partial charge in [0, 0.05) is 6.54 Å². The summed E-state index contributed by atoms with van der Waals surface area (Å²) in [4.78, 5) is 0. The number of benzene rings is 1. The average molecular weight is 223 g/mol. The van der Waals surface area contributed by atoms with Crippen molar-refractivity contribution in [2.45, 2.75) is 20.4 Å². The maximum absolute atomic E-state index is 3.52. The van der Waals surface area contributed by atoms with Gasteiger partial charge in [-0.05, 0) is 30.6 Å². The summed E-state index contributed by atoms with van der Waals surface area (Å²) in [5.41, 5.74) is 1.38. The maximum Gasteiger partial charge on any atom is 0.0205 e. The molecule has 0 bridgehead atoms. The highest BCUT2D eigenvalue weighted by Gasteiger charge is 2.00. The third kappa shape index (κ3) is 5.30. The average Bonchev–Trinajstić information content (AvgIpc) is 2.31. The molecule has 1 nitrogen and oxygen atoms in total. The van der Waals surface area contributed by atoms with E-state index in [1.54, 1.807) is 0 Å². The van der Waals surface area contributed by atoms with Gasteiger partial charge in [-0.2, -0.15) is 0 Å². The van der Waals surface area contributed by atoms with Crippen molar-refractivity contribution in [2.24, 2.45) is 0 Å². The summed E-state index contributed by atoms with van der Waals surface area (Å²) in [5.74, 6) is 0. The van der Waals surface area contributed by atoms with E-state index < -0.39 is 0 Å². The number of nitrogens with one attached hydrogen (secondary N) is 1. The maximum atomic E-state index is 3.52. The van der Waals surface area contributed by atoms with Crippen molar-refractivity contribution in [3.8, 4) is 0 Å². The summed E-state index contributed by atoms with van der Waals surface area (Å²) in [6.07, 6.45) is 4.12. The first-order valence-electron chi connectivity index (χ1n) is 5.83. The number of hydrogen-bond donors (Lipinski definition) is 1. The lowest BCUT2D eigenvalue weighted by Crippen LogP contribution is -2.17. The molecule has 0 saturated heterocycles. The lowest BCUT2D eigenvalue weighted by atomic mass is 10.2. The fourth-order valence-corrected chi connectivity index (χ4v) is 3.16. The molecule has 0 radical (unpaired) electrons. The Morgan fingerprint density at radius 1 is 1.07 bits per heavy atom. The van der Waals surface area contributed by atoms with Crippen LogP contribution >= 0.6 is 7.92 Å². The fraction of sp³-hybridized carbons (Fsp3) is 0.538. The van der Waals surface area contributed by atoms with E-state index in [0.29, 0.717) is 7.92 Å². The molecule has 0 aliphatic heterocycles. The topological polar surface area (TPSA) is 12.0 Å². The van der Waals surface area contributed by atoms with Gasteiger partial charge in [-0.1, -0.05) is 44.2 Å². The highest BCUT2D eigenvalue weighted by atomic mass is 31.1. The minimum atomic E-state index is 0.301. The molecule has 15 heavy (non-hydrogen) atoms. The summed E-state index contributed by atoms with van der Waals surface area (Å²) in [6, 6.07) is 10.6. The summed E-state index contributed by atoms with van der Waals surface area (Å²) < 4.78 is 0. The van der Waals surface area contributed by atoms with Gasteiger partial charge in [-0.15, -0.1) is 7.92 Å². The van der Waals surface area contributed by atoms with Gasteiger partial charge in [0.05, 0.1) is 0 Å². The molecular formula is C13H22NP. The molecule has 0 amide bonds. The van der Waals surface area contributed by atoms with Crippen molar-refractivity contribution >= 4 is 7.92 Å². The number of rotatable bonds is 7. The van der Waals surface area contributed by atoms with Gasteiger partial charge in [0.15, 0.2) is 0 Å². The second kappa shape index (κ2) is 7.84. The highest BCUT2D eigenvalue weighted by Crippen LogP contribution is 2.32. The third-order valence-corrected chi connectivity index (χ3v) is 5.32. The smallest absolute Gasteiger partial charge is 0.0205 e. The van der Waals surface area contributed by atoms with Crippen LogP contribution < -0.4 is 5.32 Å². The van der Waals surface area contributed by atoms with E-state index in [4.69, 9.17) is 0 Å². The summed E-state index contributed by atoms with van der Waals surface area (Å²) in [6.45, 7) is 6.80. The van der Waals surface area contributed by atoms with Crippen molar-refractivity contribution in [1.82, 2.24) is 5.32 Å². The molecule has 84 valence electrons. The Labute approximate surface area is 95.0 Å². The second-order valence-electron chi connectivity index (χ2n) is 3.69. The van der Waals surface area contributed by atoms with Gasteiger partial charge >= 0.3 is 0 Å². The quantitative estimate of drug-likeness (QED) is 0.552. The SMILES string of the molecule is CCP(CC)CCNCc1ccccc1. The molecule has 0 atom stereocenters. The molecular weight excluding hydrogens is 201 g/mol. The van der Waals surface area contributed by atoms with E-state index in [1.165, 1.54) is 30.6 Å². The molecule has 0 spiro atoms. The molecule has 0 fully saturated rings. The van der Waals surface area contributed by atoms with E-state index >= 15 is 0 Å². The van der Waals surface area contributed by atoms with Gasteiger partial charge in [-0.3, -0.25) is 0 Å². The first kappa shape index (κ1) is 12.7. The predicted molar refractivity (Wildman–Crippen MR) is 71.0 cm³/mol. The predicted octanol–water partition coefficient (Wildman–Crippen LogP) is 3.30. The molecule has 1 rings (SSSR count). The Morgan fingerprint density at radius 2 is 1.73 bits per heavy atom. The Hall–Kier alpha value is -0.390. The zero-order valence-electron chi connectivity index (χ0n) is 9.87. The molecule has 0 aliphatic carbocycles. The van der Waals surface area contributed by atoms with Gasteiger partial charge in [-0.25, -0.2) is 0 Å². The van der Waals surface area contributed by atoms with Crippen LogP contribution in [0, 0.1) is 0 Å². The van der Waals surface area contributed by atoms with Crippen LogP contribution in [-0.2, 0) is 6.54 Å². The molecule has 1 aromatic rings. The van der Waals surface area contributed by atoms with Crippen LogP contribution in [0.3, 0.4) is 0 Å². The van der Waals surface area contributed by atoms with Crippen molar-refractivity contribution in [1.29, 1.82) is 0 Å². The van der Waals surface area contributed by atoms with E-state index in [2.05, 4.69) is 49.5 Å². The van der Waals surface area contributed by atoms with Crippen LogP contribution in [0.5, 0.6) is 0 Å². The van der Waals surface area contributed by atoms with Crippen LogP contribution in [0.25, 0.3) is 0 Å². The minimum absolute atomic E-state index is 0.301. The van der Waals surface area contributed by atoms with Gasteiger partial charge < -0.3 is 5.32 Å². The minimum Gasteiger partial charge on any atom is -0.312 e. The summed E-state index contributed by atoms with van der Waals surface area (Å²) in [7, 11) is 0.301. The Kier molecular flexibility index (Phi) is 6.63. The van der Waals surface area contributed by atoms with E-state index in [0.717, 1.165) is 6.54 Å². The lowest BCUT2D eigenvalue weighted by Gasteiger charge is -2.13. The van der Waals surface area contributed by atoms with Crippen LogP contribution in [0.15, 0.2) is 30.3 Å². The first-order chi connectivity index (χ1) is 7.36. The third-order valence-electron chi connectivity index (χ3n) is 2.67. The Bertz CT molecular complexity index is 244. The van der Waals surface area contributed by atoms with Crippen LogP contribution in [-0.4, -0.2) is 25.0 Å². The highest BCUT2D eigenvalue weighted by molar-refractivity contribution is 7.57. The summed E-state index contributed by atoms with van der Waals surface area (Å²) in [5, 5.41) is 3.52. The Morgan fingerprint density at radius 3 is 2.33 bits per heavy atom. The molecule has 1 aromatic carbocycles. The largest absolute Gasteiger partial charge is 0.312 e. The lowest BCUT2D eigenvalue weighted by molar-refractivity contribution is 0.729. The zero-order valence-corrected chi connectivity index (χ0v) is 10.8. The zero-order chi connectivity index (χ0) is 10.9. The van der Waals surface area contributed by atoms with Crippen LogP contribution in [0.4, 0.5) is 0 Å². The van der Waals surface area contributed by atoms with E-state index in [9.17, 15) is 0 Å². The van der Waals surface area contributed by atoms with Crippen LogP contribution in [0.1, 0.15) is 19.4 Å². The standard InChI is InChI=1S/C13H22NP/c1-3-15(4-2)11-10-14-12-13-8-6-5-7-9-13/h5-9,14H,3-4,10-12H2,1-2H3. The van der Waals surface area contributed by atoms with Gasteiger partial charge in [0.1, 0.15) is 0 Å². The molecule has 0 aliphatic rings. The van der Waals surface area contributed by atoms with Crippen molar-refractivity contribution in [3.05, 3.63) is 35.9 Å². The number of hydrogen-bond acceptors (Lipinski definition) is 1. The molecule has 0 aromatic heterocycles. The first-order valence-corrected chi connectivity index (χ1v) is 7.73. The molecule has 1 N–H and O–H groups in total. The molecule has 0 saturated carbocycles. The van der Waals surface area contributed by atoms with Crippen molar-refractivity contribution in [2.75, 3.05) is 25.0 Å². The van der Waals surface area contributed by atoms with E-state index in [-0.39, 0.29) is 0 Å². The van der Waals surface area contributed by atoms with Crippen molar-refractivity contribution in [3.63, 3.8) is 0 Å². The molecule has 2 heteroatoms. The van der Waals surface area contributed by atoms with Gasteiger partial charge in [0.2, 0.25) is 0 Å².